The molecular formula is C7H14BNO7. The smallest absolute Gasteiger partial charge is 0.480 e. The Hall–Kier alpha value is -1.16. The van der Waals surface area contributed by atoms with E-state index in [0.29, 0.717) is 6.61 Å². The number of hydrogen-bond acceptors (Lipinski definition) is 6. The number of carboxylic acids is 2. The van der Waals surface area contributed by atoms with Crippen LogP contribution in [0.25, 0.3) is 0 Å². The van der Waals surface area contributed by atoms with Crippen molar-refractivity contribution < 1.29 is 34.1 Å². The van der Waals surface area contributed by atoms with E-state index in [2.05, 4.69) is 9.61 Å². The van der Waals surface area contributed by atoms with Crippen LogP contribution in [-0.4, -0.2) is 61.1 Å². The van der Waals surface area contributed by atoms with Gasteiger partial charge in [-0.25, -0.2) is 9.61 Å². The maximum Gasteiger partial charge on any atom is 0.694 e. The van der Waals surface area contributed by atoms with Crippen LogP contribution in [0, 0.1) is 0 Å². The van der Waals surface area contributed by atoms with Crippen molar-refractivity contribution in [3.63, 3.8) is 0 Å². The highest BCUT2D eigenvalue weighted by Crippen LogP contribution is 2.05. The van der Waals surface area contributed by atoms with E-state index in [1.165, 1.54) is 11.9 Å². The number of carbonyl (C=O) groups is 2. The zero-order valence-corrected chi connectivity index (χ0v) is 9.08. The minimum Gasteiger partial charge on any atom is -0.480 e. The van der Waals surface area contributed by atoms with Gasteiger partial charge < -0.3 is 14.9 Å². The molecule has 0 aromatic heterocycles. The number of nitrogens with zero attached hydrogens (tertiary/aromatic N) is 1. The molecule has 9 heteroatoms. The quantitative estimate of drug-likeness (QED) is 0.344. The molecule has 0 amide bonds. The van der Waals surface area contributed by atoms with Crippen molar-refractivity contribution in [3.05, 3.63) is 0 Å². The van der Waals surface area contributed by atoms with E-state index in [9.17, 15) is 9.59 Å². The first kappa shape index (κ1) is 14.8. The number of likely N-dealkylation sites (N-methyl/N-ethyl adjacent to an activating group) is 1. The first-order valence-corrected chi connectivity index (χ1v) is 4.51. The highest BCUT2D eigenvalue weighted by molar-refractivity contribution is 6.41. The lowest BCUT2D eigenvalue weighted by Gasteiger charge is -2.08. The van der Waals surface area contributed by atoms with Gasteiger partial charge in [-0.3, -0.25) is 14.5 Å². The Labute approximate surface area is 92.8 Å². The second-order valence-corrected chi connectivity index (χ2v) is 2.90. The van der Waals surface area contributed by atoms with E-state index in [0.717, 1.165) is 0 Å². The Morgan fingerprint density at radius 3 is 1.88 bits per heavy atom. The summed E-state index contributed by atoms with van der Waals surface area (Å²) >= 11 is 0. The molecule has 1 rings (SSSR count). The lowest BCUT2D eigenvalue weighted by Crippen LogP contribution is -2.30. The maximum absolute atomic E-state index is 9.96. The van der Waals surface area contributed by atoms with Gasteiger partial charge in [0.25, 0.3) is 0 Å². The molecule has 8 nitrogen and oxygen atoms in total. The van der Waals surface area contributed by atoms with Gasteiger partial charge in [-0.1, -0.05) is 0 Å². The van der Waals surface area contributed by atoms with Gasteiger partial charge in [-0.15, -0.1) is 0 Å². The molecule has 1 heterocycles. The van der Waals surface area contributed by atoms with Crippen LogP contribution in [0.15, 0.2) is 0 Å². The Morgan fingerprint density at radius 2 is 1.69 bits per heavy atom. The summed E-state index contributed by atoms with van der Waals surface area (Å²) in [4.78, 5) is 29.6. The number of aliphatic carboxylic acids is 2. The van der Waals surface area contributed by atoms with Gasteiger partial charge in [0.15, 0.2) is 0 Å². The Morgan fingerprint density at radius 1 is 1.25 bits per heavy atom. The van der Waals surface area contributed by atoms with Gasteiger partial charge in [-0.05, 0) is 14.0 Å². The molecule has 0 atom stereocenters. The highest BCUT2D eigenvalue weighted by Gasteiger charge is 2.38. The Bertz CT molecular complexity index is 217. The van der Waals surface area contributed by atoms with E-state index in [1.807, 2.05) is 6.92 Å². The zero-order chi connectivity index (χ0) is 12.6. The molecule has 0 aromatic rings. The van der Waals surface area contributed by atoms with Gasteiger partial charge in [0.2, 0.25) is 0 Å². The first-order chi connectivity index (χ1) is 7.45. The van der Waals surface area contributed by atoms with E-state index in [4.69, 9.17) is 14.9 Å². The lowest BCUT2D eigenvalue weighted by molar-refractivity contribution is -0.141. The minimum atomic E-state index is -1.02. The Balaban J connectivity index is 0.000000315. The van der Waals surface area contributed by atoms with E-state index in [1.54, 1.807) is 0 Å². The molecule has 0 unspecified atom stereocenters. The van der Waals surface area contributed by atoms with Crippen LogP contribution in [-0.2, 0) is 23.9 Å². The molecule has 0 bridgehead atoms. The van der Waals surface area contributed by atoms with Gasteiger partial charge in [0.05, 0.1) is 13.1 Å². The van der Waals surface area contributed by atoms with Crippen LogP contribution in [0.2, 0.25) is 0 Å². The third kappa shape index (κ3) is 10.9. The fourth-order valence-corrected chi connectivity index (χ4v) is 0.732. The van der Waals surface area contributed by atoms with Crippen molar-refractivity contribution in [2.75, 3.05) is 26.7 Å². The molecule has 0 aromatic carbocycles. The third-order valence-electron chi connectivity index (χ3n) is 1.29. The monoisotopic (exact) mass is 235 g/mol. The molecule has 0 spiro atoms. The number of hydrogen-bond donors (Lipinski definition) is 2. The van der Waals surface area contributed by atoms with Crippen molar-refractivity contribution in [3.8, 4) is 0 Å². The minimum absolute atomic E-state index is 0.244. The molecule has 2 N–H and O–H groups in total. The summed E-state index contributed by atoms with van der Waals surface area (Å²) in [5.74, 6) is -2.05. The zero-order valence-electron chi connectivity index (χ0n) is 9.08. The SMILES string of the molecule is CCOB1OO1.CN(CC(=O)O)CC(=O)O. The van der Waals surface area contributed by atoms with Crippen LogP contribution in [0.5, 0.6) is 0 Å². The average Bonchev–Trinajstić information content (AvgIpc) is 2.86. The van der Waals surface area contributed by atoms with Gasteiger partial charge in [0.1, 0.15) is 0 Å². The van der Waals surface area contributed by atoms with Crippen molar-refractivity contribution in [1.82, 2.24) is 4.90 Å². The second-order valence-electron chi connectivity index (χ2n) is 2.90. The van der Waals surface area contributed by atoms with Gasteiger partial charge >= 0.3 is 19.3 Å². The van der Waals surface area contributed by atoms with Crippen molar-refractivity contribution in [2.45, 2.75) is 6.92 Å². The fraction of sp³-hybridized carbons (Fsp3) is 0.714. The highest BCUT2D eigenvalue weighted by atomic mass is 17.4. The summed E-state index contributed by atoms with van der Waals surface area (Å²) in [7, 11) is 1.08. The van der Waals surface area contributed by atoms with E-state index in [-0.39, 0.29) is 20.4 Å². The van der Waals surface area contributed by atoms with Crippen molar-refractivity contribution >= 4 is 19.3 Å². The van der Waals surface area contributed by atoms with E-state index < -0.39 is 11.9 Å². The van der Waals surface area contributed by atoms with Gasteiger partial charge in [-0.2, -0.15) is 0 Å². The fourth-order valence-electron chi connectivity index (χ4n) is 0.732. The summed E-state index contributed by atoms with van der Waals surface area (Å²) in [5, 5.41) is 16.3. The molecule has 92 valence electrons. The molecule has 16 heavy (non-hydrogen) atoms. The number of carboxylic acid groups (broad SMARTS) is 2. The summed E-state index contributed by atoms with van der Waals surface area (Å²) < 4.78 is 4.71. The van der Waals surface area contributed by atoms with Crippen LogP contribution >= 0.6 is 0 Å². The topological polar surface area (TPSA) is 112 Å². The van der Waals surface area contributed by atoms with Gasteiger partial charge in [0, 0.05) is 6.61 Å². The predicted octanol–water partition coefficient (Wildman–Crippen LogP) is -0.943. The third-order valence-corrected chi connectivity index (χ3v) is 1.29. The molecule has 0 saturated carbocycles. The molecule has 1 saturated heterocycles. The largest absolute Gasteiger partial charge is 0.694 e. The lowest BCUT2D eigenvalue weighted by atomic mass is 10.3. The maximum atomic E-state index is 9.96. The van der Waals surface area contributed by atoms with Crippen molar-refractivity contribution in [2.24, 2.45) is 0 Å². The molecule has 1 fully saturated rings. The van der Waals surface area contributed by atoms with Crippen LogP contribution < -0.4 is 0 Å². The molecule has 0 aliphatic carbocycles. The number of rotatable bonds is 6. The molecule has 1 aliphatic heterocycles. The van der Waals surface area contributed by atoms with Crippen LogP contribution in [0.1, 0.15) is 6.92 Å². The van der Waals surface area contributed by atoms with E-state index >= 15 is 0 Å². The standard InChI is InChI=1S/C5H9NO4.C2H5BO3/c1-6(2-4(7)8)3-5(9)10;1-2-4-3-5-6-3/h2-3H2,1H3,(H,7,8)(H,9,10);2H2,1H3. The Kier molecular flexibility index (Phi) is 7.47. The summed E-state index contributed by atoms with van der Waals surface area (Å²) in [6.07, 6.45) is 0. The predicted molar refractivity (Wildman–Crippen MR) is 52.3 cm³/mol. The first-order valence-electron chi connectivity index (χ1n) is 4.51. The normalized spacial score (nSPS) is 13.1. The summed E-state index contributed by atoms with van der Waals surface area (Å²) in [5.41, 5.74) is 0. The molecular weight excluding hydrogens is 221 g/mol. The summed E-state index contributed by atoms with van der Waals surface area (Å²) in [6.45, 7) is 2.04. The molecule has 0 radical (unpaired) electrons. The summed E-state index contributed by atoms with van der Waals surface area (Å²) in [6, 6.07) is 0. The van der Waals surface area contributed by atoms with Crippen LogP contribution in [0.4, 0.5) is 0 Å². The van der Waals surface area contributed by atoms with Crippen molar-refractivity contribution in [1.29, 1.82) is 0 Å². The average molecular weight is 235 g/mol. The van der Waals surface area contributed by atoms with Crippen LogP contribution in [0.3, 0.4) is 0 Å². The second kappa shape index (κ2) is 8.05. The molecule has 1 aliphatic rings.